The Labute approximate surface area is 217 Å². The second kappa shape index (κ2) is 10.7. The quantitative estimate of drug-likeness (QED) is 0.278. The number of piperidine rings is 1. The van der Waals surface area contributed by atoms with Crippen molar-refractivity contribution in [1.82, 2.24) is 25.0 Å². The van der Waals surface area contributed by atoms with Crippen LogP contribution >= 0.6 is 0 Å². The molecule has 1 amide bonds. The lowest BCUT2D eigenvalue weighted by Gasteiger charge is -2.32. The Morgan fingerprint density at radius 3 is 2.66 bits per heavy atom. The fraction of sp³-hybridized carbons (Fsp3) is 0.296. The van der Waals surface area contributed by atoms with E-state index in [1.54, 1.807) is 42.9 Å². The van der Waals surface area contributed by atoms with E-state index in [2.05, 4.69) is 30.7 Å². The van der Waals surface area contributed by atoms with E-state index in [9.17, 15) is 18.7 Å². The minimum Gasteiger partial charge on any atom is -0.435 e. The molecular formula is C27H28F2N6O3. The van der Waals surface area contributed by atoms with E-state index in [0.29, 0.717) is 29.9 Å². The van der Waals surface area contributed by atoms with Crippen LogP contribution in [0.15, 0.2) is 61.1 Å². The molecule has 2 aromatic carbocycles. The number of hydrogen-bond acceptors (Lipinski definition) is 7. The monoisotopic (exact) mass is 522 g/mol. The van der Waals surface area contributed by atoms with Crippen molar-refractivity contribution in [1.29, 1.82) is 0 Å². The summed E-state index contributed by atoms with van der Waals surface area (Å²) in [6.07, 6.45) is 6.28. The number of nitrogens with zero attached hydrogens (tertiary/aromatic N) is 3. The van der Waals surface area contributed by atoms with E-state index in [-0.39, 0.29) is 18.2 Å². The number of aromatic nitrogens is 3. The van der Waals surface area contributed by atoms with Gasteiger partial charge >= 0.3 is 6.61 Å². The van der Waals surface area contributed by atoms with E-state index in [0.717, 1.165) is 35.6 Å². The lowest BCUT2D eigenvalue weighted by atomic mass is 9.92. The summed E-state index contributed by atoms with van der Waals surface area (Å²) < 4.78 is 31.2. The third-order valence-electron chi connectivity index (χ3n) is 6.65. The van der Waals surface area contributed by atoms with Gasteiger partial charge in [0.25, 0.3) is 5.91 Å². The summed E-state index contributed by atoms with van der Waals surface area (Å²) in [7, 11) is 0. The number of anilines is 2. The molecule has 0 atom stereocenters. The largest absolute Gasteiger partial charge is 0.435 e. The van der Waals surface area contributed by atoms with E-state index in [4.69, 9.17) is 0 Å². The van der Waals surface area contributed by atoms with Crippen LogP contribution in [-0.2, 0) is 0 Å². The number of nitrogens with one attached hydrogen (secondary N) is 3. The van der Waals surface area contributed by atoms with E-state index < -0.39 is 12.2 Å². The van der Waals surface area contributed by atoms with Gasteiger partial charge in [0.15, 0.2) is 11.5 Å². The van der Waals surface area contributed by atoms with Crippen molar-refractivity contribution in [3.05, 3.63) is 72.2 Å². The van der Waals surface area contributed by atoms with Gasteiger partial charge in [0.1, 0.15) is 5.75 Å². The predicted octanol–water partition coefficient (Wildman–Crippen LogP) is 3.89. The van der Waals surface area contributed by atoms with Gasteiger partial charge in [0, 0.05) is 35.8 Å². The van der Waals surface area contributed by atoms with Crippen LogP contribution in [0.2, 0.25) is 0 Å². The molecule has 11 heteroatoms. The van der Waals surface area contributed by atoms with Crippen LogP contribution in [0.1, 0.15) is 28.8 Å². The molecule has 0 bridgehead atoms. The number of imidazole rings is 1. The van der Waals surface area contributed by atoms with E-state index in [1.165, 1.54) is 12.1 Å². The molecule has 0 unspecified atom stereocenters. The van der Waals surface area contributed by atoms with E-state index in [1.807, 2.05) is 17.4 Å². The smallest absolute Gasteiger partial charge is 0.387 e. The summed E-state index contributed by atoms with van der Waals surface area (Å²) in [5.41, 5.74) is 3.25. The summed E-state index contributed by atoms with van der Waals surface area (Å²) in [6, 6.07) is 11.7. The molecule has 38 heavy (non-hydrogen) atoms. The molecule has 1 fully saturated rings. The van der Waals surface area contributed by atoms with Crippen molar-refractivity contribution in [3.63, 3.8) is 0 Å². The highest BCUT2D eigenvalue weighted by Gasteiger charge is 2.29. The topological polar surface area (TPSA) is 113 Å². The fourth-order valence-corrected chi connectivity index (χ4v) is 4.57. The van der Waals surface area contributed by atoms with Crippen LogP contribution in [0.4, 0.5) is 20.3 Å². The predicted molar refractivity (Wildman–Crippen MR) is 139 cm³/mol. The van der Waals surface area contributed by atoms with Crippen LogP contribution in [0.5, 0.6) is 5.75 Å². The maximum atomic E-state index is 12.8. The highest BCUT2D eigenvalue weighted by Crippen LogP contribution is 2.28. The van der Waals surface area contributed by atoms with Crippen molar-refractivity contribution in [2.75, 3.05) is 25.0 Å². The van der Waals surface area contributed by atoms with Crippen molar-refractivity contribution in [3.8, 4) is 17.0 Å². The van der Waals surface area contributed by atoms with Gasteiger partial charge in [-0.15, -0.1) is 0 Å². The van der Waals surface area contributed by atoms with Crippen molar-refractivity contribution in [2.24, 2.45) is 0 Å². The van der Waals surface area contributed by atoms with Gasteiger partial charge in [0.05, 0.1) is 17.5 Å². The Morgan fingerprint density at radius 1 is 1.18 bits per heavy atom. The first kappa shape index (κ1) is 25.6. The lowest BCUT2D eigenvalue weighted by Crippen LogP contribution is -2.49. The van der Waals surface area contributed by atoms with Gasteiger partial charge in [-0.25, -0.2) is 9.97 Å². The first-order chi connectivity index (χ1) is 18.3. The first-order valence-corrected chi connectivity index (χ1v) is 12.3. The Hall–Kier alpha value is -4.09. The number of alkyl halides is 2. The molecule has 3 heterocycles. The number of ether oxygens (including phenoxy) is 1. The summed E-state index contributed by atoms with van der Waals surface area (Å²) in [4.78, 5) is 21.7. The second-order valence-electron chi connectivity index (χ2n) is 9.33. The maximum Gasteiger partial charge on any atom is 0.387 e. The molecule has 0 aliphatic carbocycles. The van der Waals surface area contributed by atoms with Crippen LogP contribution in [-0.4, -0.2) is 57.2 Å². The van der Waals surface area contributed by atoms with Crippen molar-refractivity contribution >= 4 is 23.1 Å². The van der Waals surface area contributed by atoms with Crippen LogP contribution in [0.25, 0.3) is 16.9 Å². The number of fused-ring (bicyclic) bond motifs is 1. The van der Waals surface area contributed by atoms with Gasteiger partial charge in [0.2, 0.25) is 0 Å². The van der Waals surface area contributed by atoms with Crippen LogP contribution in [0, 0.1) is 6.92 Å². The average Bonchev–Trinajstić information content (AvgIpc) is 3.33. The third-order valence-corrected chi connectivity index (χ3v) is 6.65. The summed E-state index contributed by atoms with van der Waals surface area (Å²) >= 11 is 0. The Balaban J connectivity index is 1.30. The number of rotatable bonds is 8. The molecule has 1 aliphatic rings. The molecule has 1 aliphatic heterocycles. The van der Waals surface area contributed by atoms with Gasteiger partial charge in [-0.3, -0.25) is 9.20 Å². The number of hydrogen-bond donors (Lipinski definition) is 4. The third kappa shape index (κ3) is 5.58. The number of benzene rings is 2. The summed E-state index contributed by atoms with van der Waals surface area (Å²) in [5.74, 6) is 0.362. The van der Waals surface area contributed by atoms with Crippen molar-refractivity contribution in [2.45, 2.75) is 32.0 Å². The lowest BCUT2D eigenvalue weighted by molar-refractivity contribution is -0.0498. The molecule has 0 radical (unpaired) electrons. The molecular weight excluding hydrogens is 494 g/mol. The normalized spacial score (nSPS) is 15.0. The highest BCUT2D eigenvalue weighted by molar-refractivity contribution is 5.96. The van der Waals surface area contributed by atoms with Gasteiger partial charge in [-0.05, 0) is 80.9 Å². The standard InChI is InChI=1S/C27H28F2N6O3/c1-17-14-19(4-7-21(17)25(36)33-16-27(37)8-10-30-11-9-27)34-23-24-32-15-22(35(24)13-12-31-23)18-2-5-20(6-3-18)38-26(28)29/h2-7,12-15,26,30,37H,8-11,16H2,1H3,(H,31,34)(H,33,36). The molecule has 5 rings (SSSR count). The highest BCUT2D eigenvalue weighted by atomic mass is 19.3. The molecule has 4 aromatic rings. The molecule has 9 nitrogen and oxygen atoms in total. The van der Waals surface area contributed by atoms with Crippen LogP contribution in [0.3, 0.4) is 0 Å². The van der Waals surface area contributed by atoms with Gasteiger partial charge in [-0.2, -0.15) is 8.78 Å². The van der Waals surface area contributed by atoms with Gasteiger partial charge < -0.3 is 25.8 Å². The summed E-state index contributed by atoms with van der Waals surface area (Å²) in [6.45, 7) is 0.640. The molecule has 4 N–H and O–H groups in total. The zero-order valence-corrected chi connectivity index (χ0v) is 20.7. The number of aliphatic hydroxyl groups is 1. The molecule has 198 valence electrons. The first-order valence-electron chi connectivity index (χ1n) is 12.3. The molecule has 2 aromatic heterocycles. The Bertz CT molecular complexity index is 1430. The zero-order valence-electron chi connectivity index (χ0n) is 20.7. The number of amides is 1. The SMILES string of the molecule is Cc1cc(Nc2nccn3c(-c4ccc(OC(F)F)cc4)cnc23)ccc1C(=O)NCC1(O)CCNCC1. The zero-order chi connectivity index (χ0) is 26.7. The minimum atomic E-state index is -2.88. The Kier molecular flexibility index (Phi) is 7.21. The Morgan fingerprint density at radius 2 is 1.95 bits per heavy atom. The number of carbonyl (C=O) groups is 1. The second-order valence-corrected chi connectivity index (χ2v) is 9.33. The average molecular weight is 523 g/mol. The van der Waals surface area contributed by atoms with Crippen molar-refractivity contribution < 1.29 is 23.4 Å². The van der Waals surface area contributed by atoms with Gasteiger partial charge in [-0.1, -0.05) is 0 Å². The fourth-order valence-electron chi connectivity index (χ4n) is 4.57. The minimum absolute atomic E-state index is 0.0799. The number of carbonyl (C=O) groups excluding carboxylic acids is 1. The summed E-state index contributed by atoms with van der Waals surface area (Å²) in [5, 5.41) is 20.0. The molecule has 0 saturated carbocycles. The van der Waals surface area contributed by atoms with E-state index >= 15 is 0 Å². The maximum absolute atomic E-state index is 12.8. The number of halogens is 2. The van der Waals surface area contributed by atoms with Crippen LogP contribution < -0.4 is 20.7 Å². The number of aryl methyl sites for hydroxylation is 1. The molecule has 1 saturated heterocycles. The molecule has 0 spiro atoms.